The number of nitrogens with one attached hydrogen (secondary N) is 2. The smallest absolute Gasteiger partial charge is 0.223 e. The van der Waals surface area contributed by atoms with Crippen LogP contribution in [-0.4, -0.2) is 21.8 Å². The molecule has 0 atom stereocenters. The average Bonchev–Trinajstić information content (AvgIpc) is 2.88. The number of carbonyl (C=O) groups excluding carboxylic acids is 1. The van der Waals surface area contributed by atoms with E-state index in [1.165, 1.54) is 6.92 Å². The van der Waals surface area contributed by atoms with Crippen LogP contribution < -0.4 is 10.7 Å². The van der Waals surface area contributed by atoms with Crippen molar-refractivity contribution in [2.75, 3.05) is 10.7 Å². The summed E-state index contributed by atoms with van der Waals surface area (Å²) in [6.07, 6.45) is 0. The minimum atomic E-state index is -0.245. The van der Waals surface area contributed by atoms with Crippen LogP contribution >= 0.6 is 11.3 Å². The first-order valence-electron chi connectivity index (χ1n) is 5.59. The Bertz CT molecular complexity index is 673. The lowest BCUT2D eigenvalue weighted by molar-refractivity contribution is -0.114. The maximum absolute atomic E-state index is 10.9. The molecule has 1 heterocycles. The molecule has 0 saturated heterocycles. The van der Waals surface area contributed by atoms with Gasteiger partial charge >= 0.3 is 0 Å². The maximum Gasteiger partial charge on any atom is 0.223 e. The van der Waals surface area contributed by atoms with Crippen LogP contribution in [0.2, 0.25) is 0 Å². The first-order chi connectivity index (χ1) is 9.69. The third-order valence-corrected chi connectivity index (χ3v) is 2.93. The summed E-state index contributed by atoms with van der Waals surface area (Å²) in [7, 11) is 0. The van der Waals surface area contributed by atoms with Gasteiger partial charge in [0, 0.05) is 6.92 Å². The number of hydrogen-bond donors (Lipinski definition) is 2. The summed E-state index contributed by atoms with van der Waals surface area (Å²) in [6.45, 7) is 1.37. The van der Waals surface area contributed by atoms with E-state index in [2.05, 4.69) is 26.0 Å². The van der Waals surface area contributed by atoms with Crippen LogP contribution in [0, 0.1) is 11.3 Å². The molecule has 2 aromatic rings. The molecule has 2 rings (SSSR count). The van der Waals surface area contributed by atoms with Crippen LogP contribution in [0.1, 0.15) is 11.9 Å². The van der Waals surface area contributed by atoms with E-state index in [4.69, 9.17) is 5.26 Å². The molecule has 1 aromatic carbocycles. The highest BCUT2D eigenvalue weighted by molar-refractivity contribution is 7.17. The highest BCUT2D eigenvalue weighted by Gasteiger charge is 2.11. The van der Waals surface area contributed by atoms with Crippen LogP contribution in [0.4, 0.5) is 10.8 Å². The lowest BCUT2D eigenvalue weighted by Gasteiger charge is -1.98. The molecule has 0 fully saturated rings. The molecule has 0 unspecified atom stereocenters. The maximum atomic E-state index is 10.9. The quantitative estimate of drug-likeness (QED) is 0.659. The Morgan fingerprint density at radius 2 is 2.10 bits per heavy atom. The number of benzene rings is 1. The molecular formula is C12H10N6OS. The Kier molecular flexibility index (Phi) is 4.36. The van der Waals surface area contributed by atoms with Gasteiger partial charge in [-0.2, -0.15) is 10.4 Å². The zero-order chi connectivity index (χ0) is 14.4. The second kappa shape index (κ2) is 6.40. The van der Waals surface area contributed by atoms with Gasteiger partial charge in [0.1, 0.15) is 6.07 Å². The second-order valence-corrected chi connectivity index (χ2v) is 4.62. The summed E-state index contributed by atoms with van der Waals surface area (Å²) in [6, 6.07) is 11.2. The number of hydrogen-bond acceptors (Lipinski definition) is 7. The van der Waals surface area contributed by atoms with E-state index in [9.17, 15) is 4.79 Å². The third-order valence-electron chi connectivity index (χ3n) is 2.09. The predicted molar refractivity (Wildman–Crippen MR) is 76.4 cm³/mol. The Morgan fingerprint density at radius 1 is 1.35 bits per heavy atom. The summed E-state index contributed by atoms with van der Waals surface area (Å²) < 4.78 is 0. The van der Waals surface area contributed by atoms with Crippen molar-refractivity contribution in [2.24, 2.45) is 5.10 Å². The minimum absolute atomic E-state index is 0.1000. The number of nitrogens with zero attached hydrogens (tertiary/aromatic N) is 4. The zero-order valence-electron chi connectivity index (χ0n) is 10.5. The third kappa shape index (κ3) is 3.60. The van der Waals surface area contributed by atoms with Gasteiger partial charge in [0.2, 0.25) is 11.0 Å². The minimum Gasteiger partial charge on any atom is -0.301 e. The van der Waals surface area contributed by atoms with E-state index in [1.807, 2.05) is 36.4 Å². The number of nitriles is 1. The van der Waals surface area contributed by atoms with Crippen LogP contribution in [-0.2, 0) is 4.79 Å². The topological polar surface area (TPSA) is 103 Å². The summed E-state index contributed by atoms with van der Waals surface area (Å²) in [4.78, 5) is 10.9. The second-order valence-electron chi connectivity index (χ2n) is 3.64. The van der Waals surface area contributed by atoms with Gasteiger partial charge in [-0.15, -0.1) is 10.2 Å². The molecule has 0 aliphatic rings. The summed E-state index contributed by atoms with van der Waals surface area (Å²) in [5.74, 6) is -0.245. The van der Waals surface area contributed by atoms with Gasteiger partial charge in [-0.25, -0.2) is 0 Å². The molecule has 100 valence electrons. The molecule has 8 heteroatoms. The summed E-state index contributed by atoms with van der Waals surface area (Å²) >= 11 is 1.08. The SMILES string of the molecule is CC(=O)Nc1nnc(/C(C#N)=N/Nc2ccccc2)s1. The van der Waals surface area contributed by atoms with Crippen LogP contribution in [0.5, 0.6) is 0 Å². The molecule has 7 nitrogen and oxygen atoms in total. The van der Waals surface area contributed by atoms with Crippen molar-refractivity contribution in [3.05, 3.63) is 35.3 Å². The molecule has 20 heavy (non-hydrogen) atoms. The average molecular weight is 286 g/mol. The first-order valence-corrected chi connectivity index (χ1v) is 6.41. The van der Waals surface area contributed by atoms with Gasteiger partial charge in [0.15, 0.2) is 10.7 Å². The van der Waals surface area contributed by atoms with Gasteiger partial charge in [-0.05, 0) is 12.1 Å². The van der Waals surface area contributed by atoms with Crippen LogP contribution in [0.3, 0.4) is 0 Å². The van der Waals surface area contributed by atoms with E-state index in [0.717, 1.165) is 17.0 Å². The first kappa shape index (κ1) is 13.6. The van der Waals surface area contributed by atoms with Gasteiger partial charge in [-0.1, -0.05) is 29.5 Å². The van der Waals surface area contributed by atoms with Crippen molar-refractivity contribution in [3.63, 3.8) is 0 Å². The van der Waals surface area contributed by atoms with E-state index in [0.29, 0.717) is 10.1 Å². The zero-order valence-corrected chi connectivity index (χ0v) is 11.3. The monoisotopic (exact) mass is 286 g/mol. The Balaban J connectivity index is 2.14. The standard InChI is InChI=1S/C12H10N6OS/c1-8(19)14-12-18-17-11(20-12)10(7-13)16-15-9-5-3-2-4-6-9/h2-6,15H,1H3,(H,14,18,19)/b16-10+. The normalized spacial score (nSPS) is 10.7. The molecule has 0 bridgehead atoms. The fourth-order valence-corrected chi connectivity index (χ4v) is 2.00. The number of amides is 1. The van der Waals surface area contributed by atoms with Crippen molar-refractivity contribution in [1.82, 2.24) is 10.2 Å². The Morgan fingerprint density at radius 3 is 2.75 bits per heavy atom. The summed E-state index contributed by atoms with van der Waals surface area (Å²) in [5.41, 5.74) is 3.62. The lowest BCUT2D eigenvalue weighted by Crippen LogP contribution is -2.04. The highest BCUT2D eigenvalue weighted by Crippen LogP contribution is 2.16. The van der Waals surface area contributed by atoms with Gasteiger partial charge < -0.3 is 5.32 Å². The van der Waals surface area contributed by atoms with Crippen LogP contribution in [0.25, 0.3) is 0 Å². The Hall–Kier alpha value is -2.79. The van der Waals surface area contributed by atoms with Gasteiger partial charge in [0.25, 0.3) is 0 Å². The van der Waals surface area contributed by atoms with E-state index in [1.54, 1.807) is 0 Å². The molecule has 0 aliphatic heterocycles. The molecule has 0 spiro atoms. The molecule has 0 saturated carbocycles. The van der Waals surface area contributed by atoms with Gasteiger partial charge in [-0.3, -0.25) is 10.2 Å². The molecule has 2 N–H and O–H groups in total. The van der Waals surface area contributed by atoms with Gasteiger partial charge in [0.05, 0.1) is 5.69 Å². The molecule has 0 aliphatic carbocycles. The fraction of sp³-hybridized carbons (Fsp3) is 0.0833. The number of anilines is 2. The molecule has 1 aromatic heterocycles. The predicted octanol–water partition coefficient (Wildman–Crippen LogP) is 1.84. The number of carbonyl (C=O) groups is 1. The Labute approximate surface area is 119 Å². The van der Waals surface area contributed by atoms with Crippen LogP contribution in [0.15, 0.2) is 35.4 Å². The largest absolute Gasteiger partial charge is 0.301 e. The highest BCUT2D eigenvalue weighted by atomic mass is 32.1. The molecular weight excluding hydrogens is 276 g/mol. The lowest BCUT2D eigenvalue weighted by atomic mass is 10.3. The van der Waals surface area contributed by atoms with Crippen molar-refractivity contribution < 1.29 is 4.79 Å². The van der Waals surface area contributed by atoms with Crippen molar-refractivity contribution >= 4 is 33.8 Å². The van der Waals surface area contributed by atoms with E-state index in [-0.39, 0.29) is 11.6 Å². The fourth-order valence-electron chi connectivity index (χ4n) is 1.27. The number of hydrazone groups is 1. The van der Waals surface area contributed by atoms with Crippen molar-refractivity contribution in [1.29, 1.82) is 5.26 Å². The number of rotatable bonds is 4. The van der Waals surface area contributed by atoms with E-state index < -0.39 is 0 Å². The number of para-hydroxylation sites is 1. The molecule has 0 radical (unpaired) electrons. The molecule has 1 amide bonds. The van der Waals surface area contributed by atoms with Crippen molar-refractivity contribution in [2.45, 2.75) is 6.92 Å². The summed E-state index contributed by atoms with van der Waals surface area (Å²) in [5, 5.41) is 23.8. The van der Waals surface area contributed by atoms with E-state index >= 15 is 0 Å². The number of aromatic nitrogens is 2. The van der Waals surface area contributed by atoms with Crippen molar-refractivity contribution in [3.8, 4) is 6.07 Å².